The predicted octanol–water partition coefficient (Wildman–Crippen LogP) is 1.15. The van der Waals surface area contributed by atoms with Gasteiger partial charge in [-0.25, -0.2) is 4.39 Å². The summed E-state index contributed by atoms with van der Waals surface area (Å²) in [5, 5.41) is 15.5. The molecular weight excluding hydrogens is 241 g/mol. The lowest BCUT2D eigenvalue weighted by Gasteiger charge is -2.04. The van der Waals surface area contributed by atoms with Gasteiger partial charge in [0.2, 0.25) is 5.89 Å². The first kappa shape index (κ1) is 12.0. The lowest BCUT2D eigenvalue weighted by atomic mass is 10.2. The van der Waals surface area contributed by atoms with Crippen molar-refractivity contribution in [3.8, 4) is 5.75 Å². The number of carbonyl (C=O) groups is 1. The number of phenolic OH excluding ortho intramolecular Hbond substituents is 1. The zero-order valence-corrected chi connectivity index (χ0v) is 9.48. The zero-order valence-electron chi connectivity index (χ0n) is 9.48. The van der Waals surface area contributed by atoms with Crippen LogP contribution in [0.15, 0.2) is 22.7 Å². The summed E-state index contributed by atoms with van der Waals surface area (Å²) in [6.07, 6.45) is 0. The maximum Gasteiger partial charge on any atom is 0.255 e. The van der Waals surface area contributed by atoms with E-state index in [4.69, 9.17) is 4.52 Å². The van der Waals surface area contributed by atoms with Crippen LogP contribution in [0.25, 0.3) is 0 Å². The highest BCUT2D eigenvalue weighted by Gasteiger charge is 2.13. The molecular formula is C11H10FN3O3. The number of phenols is 1. The third kappa shape index (κ3) is 2.62. The quantitative estimate of drug-likeness (QED) is 0.854. The van der Waals surface area contributed by atoms with Crippen LogP contribution in [0.2, 0.25) is 0 Å². The van der Waals surface area contributed by atoms with Gasteiger partial charge in [0.25, 0.3) is 5.91 Å². The number of nitrogens with one attached hydrogen (secondary N) is 1. The van der Waals surface area contributed by atoms with Crippen LogP contribution in [-0.2, 0) is 6.54 Å². The van der Waals surface area contributed by atoms with Crippen molar-refractivity contribution in [2.75, 3.05) is 0 Å². The van der Waals surface area contributed by atoms with Crippen molar-refractivity contribution in [2.24, 2.45) is 0 Å². The Bertz CT molecular complexity index is 583. The van der Waals surface area contributed by atoms with Crippen LogP contribution in [0.1, 0.15) is 22.1 Å². The van der Waals surface area contributed by atoms with Crippen LogP contribution < -0.4 is 5.32 Å². The highest BCUT2D eigenvalue weighted by molar-refractivity contribution is 5.96. The first-order valence-electron chi connectivity index (χ1n) is 5.12. The lowest BCUT2D eigenvalue weighted by Crippen LogP contribution is -2.23. The molecule has 0 unspecified atom stereocenters. The maximum atomic E-state index is 12.9. The number of amides is 1. The fraction of sp³-hybridized carbons (Fsp3) is 0.182. The summed E-state index contributed by atoms with van der Waals surface area (Å²) in [5.74, 6) is -0.828. The molecule has 0 saturated carbocycles. The van der Waals surface area contributed by atoms with Crippen molar-refractivity contribution < 1.29 is 18.8 Å². The number of halogens is 1. The Balaban J connectivity index is 2.05. The van der Waals surface area contributed by atoms with Crippen LogP contribution >= 0.6 is 0 Å². The van der Waals surface area contributed by atoms with E-state index in [1.165, 1.54) is 0 Å². The molecule has 18 heavy (non-hydrogen) atoms. The van der Waals surface area contributed by atoms with Gasteiger partial charge in [-0.2, -0.15) is 4.98 Å². The minimum absolute atomic E-state index is 0.0339. The van der Waals surface area contributed by atoms with Crippen molar-refractivity contribution in [1.82, 2.24) is 15.5 Å². The molecule has 2 aromatic rings. The lowest BCUT2D eigenvalue weighted by molar-refractivity contribution is 0.0946. The van der Waals surface area contributed by atoms with Gasteiger partial charge in [0.15, 0.2) is 5.82 Å². The molecule has 1 amide bonds. The fourth-order valence-corrected chi connectivity index (χ4v) is 1.36. The molecule has 0 aliphatic carbocycles. The van der Waals surface area contributed by atoms with Gasteiger partial charge in [0.1, 0.15) is 11.6 Å². The molecule has 0 bridgehead atoms. The number of rotatable bonds is 3. The Labute approximate surface area is 101 Å². The molecule has 1 aromatic heterocycles. The molecule has 0 radical (unpaired) electrons. The molecule has 7 heteroatoms. The van der Waals surface area contributed by atoms with E-state index >= 15 is 0 Å². The van der Waals surface area contributed by atoms with Crippen molar-refractivity contribution in [2.45, 2.75) is 13.5 Å². The minimum Gasteiger partial charge on any atom is -0.507 e. The van der Waals surface area contributed by atoms with E-state index in [0.29, 0.717) is 11.7 Å². The van der Waals surface area contributed by atoms with E-state index in [1.807, 2.05) is 0 Å². The van der Waals surface area contributed by atoms with Gasteiger partial charge in [-0.05, 0) is 18.2 Å². The standard InChI is InChI=1S/C11H10FN3O3/c1-6-14-10(15-18-6)5-13-11(17)8-4-7(12)2-3-9(8)16/h2-4,16H,5H2,1H3,(H,13,17). The SMILES string of the molecule is Cc1nc(CNC(=O)c2cc(F)ccc2O)no1. The second-order valence-corrected chi connectivity index (χ2v) is 3.57. The number of aromatic nitrogens is 2. The van der Waals surface area contributed by atoms with Gasteiger partial charge in [-0.1, -0.05) is 5.16 Å². The second-order valence-electron chi connectivity index (χ2n) is 3.57. The Morgan fingerprint density at radius 2 is 2.33 bits per heavy atom. The van der Waals surface area contributed by atoms with Crippen LogP contribution in [0.5, 0.6) is 5.75 Å². The number of benzene rings is 1. The monoisotopic (exact) mass is 251 g/mol. The third-order valence-electron chi connectivity index (χ3n) is 2.18. The number of nitrogens with zero attached hydrogens (tertiary/aromatic N) is 2. The summed E-state index contributed by atoms with van der Waals surface area (Å²) >= 11 is 0. The zero-order chi connectivity index (χ0) is 13.1. The van der Waals surface area contributed by atoms with Crippen LogP contribution in [0.3, 0.4) is 0 Å². The largest absolute Gasteiger partial charge is 0.507 e. The molecule has 2 N–H and O–H groups in total. The molecule has 0 saturated heterocycles. The van der Waals surface area contributed by atoms with Crippen LogP contribution in [-0.4, -0.2) is 21.2 Å². The van der Waals surface area contributed by atoms with Crippen LogP contribution in [0, 0.1) is 12.7 Å². The van der Waals surface area contributed by atoms with E-state index in [-0.39, 0.29) is 17.9 Å². The van der Waals surface area contributed by atoms with Gasteiger partial charge in [-0.15, -0.1) is 0 Å². The van der Waals surface area contributed by atoms with Gasteiger partial charge in [-0.3, -0.25) is 4.79 Å². The normalized spacial score (nSPS) is 10.3. The second kappa shape index (κ2) is 4.82. The molecule has 0 atom stereocenters. The molecule has 6 nitrogen and oxygen atoms in total. The Kier molecular flexibility index (Phi) is 3.22. The third-order valence-corrected chi connectivity index (χ3v) is 2.18. The fourth-order valence-electron chi connectivity index (χ4n) is 1.36. The summed E-state index contributed by atoms with van der Waals surface area (Å²) in [7, 11) is 0. The molecule has 2 rings (SSSR count). The first-order chi connectivity index (χ1) is 8.56. The summed E-state index contributed by atoms with van der Waals surface area (Å²) in [6.45, 7) is 1.66. The van der Waals surface area contributed by atoms with Crippen LogP contribution in [0.4, 0.5) is 4.39 Å². The van der Waals surface area contributed by atoms with Gasteiger partial charge < -0.3 is 14.9 Å². The summed E-state index contributed by atoms with van der Waals surface area (Å²) in [5.41, 5.74) is -0.143. The van der Waals surface area contributed by atoms with Crippen molar-refractivity contribution in [3.63, 3.8) is 0 Å². The Morgan fingerprint density at radius 1 is 1.56 bits per heavy atom. The number of hydrogen-bond donors (Lipinski definition) is 2. The van der Waals surface area contributed by atoms with Crippen molar-refractivity contribution >= 4 is 5.91 Å². The average molecular weight is 251 g/mol. The summed E-state index contributed by atoms with van der Waals surface area (Å²) in [6, 6.07) is 3.13. The highest BCUT2D eigenvalue weighted by Crippen LogP contribution is 2.17. The van der Waals surface area contributed by atoms with E-state index in [1.54, 1.807) is 6.92 Å². The molecule has 1 aromatic carbocycles. The maximum absolute atomic E-state index is 12.9. The number of aryl methyl sites for hydroxylation is 1. The molecule has 1 heterocycles. The molecule has 94 valence electrons. The predicted molar refractivity (Wildman–Crippen MR) is 58.3 cm³/mol. The summed E-state index contributed by atoms with van der Waals surface area (Å²) < 4.78 is 17.7. The van der Waals surface area contributed by atoms with E-state index < -0.39 is 11.7 Å². The van der Waals surface area contributed by atoms with E-state index in [2.05, 4.69) is 15.5 Å². The highest BCUT2D eigenvalue weighted by atomic mass is 19.1. The summed E-state index contributed by atoms with van der Waals surface area (Å²) in [4.78, 5) is 15.6. The number of hydrogen-bond acceptors (Lipinski definition) is 5. The van der Waals surface area contributed by atoms with Crippen molar-refractivity contribution in [1.29, 1.82) is 0 Å². The Hall–Kier alpha value is -2.44. The molecule has 0 aliphatic heterocycles. The van der Waals surface area contributed by atoms with E-state index in [9.17, 15) is 14.3 Å². The van der Waals surface area contributed by atoms with Crippen molar-refractivity contribution in [3.05, 3.63) is 41.3 Å². The van der Waals surface area contributed by atoms with Gasteiger partial charge in [0, 0.05) is 6.92 Å². The average Bonchev–Trinajstić information content (AvgIpc) is 2.75. The topological polar surface area (TPSA) is 88.2 Å². The minimum atomic E-state index is -0.616. The Morgan fingerprint density at radius 3 is 3.00 bits per heavy atom. The number of aromatic hydroxyl groups is 1. The molecule has 0 spiro atoms. The first-order valence-corrected chi connectivity index (χ1v) is 5.12. The smallest absolute Gasteiger partial charge is 0.255 e. The van der Waals surface area contributed by atoms with Gasteiger partial charge in [0.05, 0.1) is 12.1 Å². The number of carbonyl (C=O) groups excluding carboxylic acids is 1. The van der Waals surface area contributed by atoms with E-state index in [0.717, 1.165) is 18.2 Å². The van der Waals surface area contributed by atoms with Gasteiger partial charge >= 0.3 is 0 Å². The molecule has 0 aliphatic rings. The molecule has 0 fully saturated rings.